The van der Waals surface area contributed by atoms with Gasteiger partial charge in [0.05, 0.1) is 5.75 Å². The summed E-state index contributed by atoms with van der Waals surface area (Å²) in [6, 6.07) is 2.85. The van der Waals surface area contributed by atoms with Gasteiger partial charge >= 0.3 is 5.97 Å². The molecule has 0 aliphatic heterocycles. The van der Waals surface area contributed by atoms with Crippen LogP contribution in [0.15, 0.2) is 18.3 Å². The van der Waals surface area contributed by atoms with E-state index in [0.717, 1.165) is 0 Å². The van der Waals surface area contributed by atoms with E-state index in [-0.39, 0.29) is 18.0 Å². The molecule has 2 N–H and O–H groups in total. The molecule has 0 fully saturated rings. The first-order valence-corrected chi connectivity index (χ1v) is 7.24. The first-order chi connectivity index (χ1) is 8.94. The Balaban J connectivity index is 2.49. The maximum atomic E-state index is 11.6. The second kappa shape index (κ2) is 7.17. The van der Waals surface area contributed by atoms with Gasteiger partial charge in [-0.15, -0.1) is 0 Å². The van der Waals surface area contributed by atoms with Crippen LogP contribution in [0.4, 0.5) is 0 Å². The molecule has 0 spiro atoms. The number of aromatic nitrogens is 1. The number of hydrogen-bond donors (Lipinski definition) is 2. The number of rotatable bonds is 8. The lowest BCUT2D eigenvalue weighted by Gasteiger charge is -2.06. The van der Waals surface area contributed by atoms with E-state index in [1.165, 1.54) is 25.4 Å². The summed E-state index contributed by atoms with van der Waals surface area (Å²) in [4.78, 5) is 14.3. The average Bonchev–Trinajstić information content (AvgIpc) is 2.37. The van der Waals surface area contributed by atoms with Crippen LogP contribution in [-0.4, -0.2) is 43.9 Å². The minimum atomic E-state index is -3.35. The molecule has 0 bridgehead atoms. The molecule has 0 saturated carbocycles. The van der Waals surface area contributed by atoms with Crippen molar-refractivity contribution < 1.29 is 23.1 Å². The third-order valence-corrected chi connectivity index (χ3v) is 3.71. The summed E-state index contributed by atoms with van der Waals surface area (Å²) in [5.74, 6) is -1.13. The molecular weight excluding hydrogens is 272 g/mol. The summed E-state index contributed by atoms with van der Waals surface area (Å²) in [6.07, 6.45) is 1.75. The number of carbonyl (C=O) groups is 1. The third kappa shape index (κ3) is 5.77. The van der Waals surface area contributed by atoms with Crippen LogP contribution in [0.25, 0.3) is 0 Å². The van der Waals surface area contributed by atoms with Crippen molar-refractivity contribution in [2.75, 3.05) is 19.5 Å². The van der Waals surface area contributed by atoms with E-state index >= 15 is 0 Å². The third-order valence-electron chi connectivity index (χ3n) is 2.30. The average molecular weight is 288 g/mol. The van der Waals surface area contributed by atoms with Crippen molar-refractivity contribution in [3.8, 4) is 0 Å². The van der Waals surface area contributed by atoms with E-state index in [4.69, 9.17) is 9.84 Å². The minimum absolute atomic E-state index is 0.0124. The number of methoxy groups -OCH3 is 1. The standard InChI is InChI=1S/C11H16N2O5S/c1-18-5-2-6-19(16,17)13-8-9-3-4-10(11(14)15)12-7-9/h3-4,7,13H,2,5-6,8H2,1H3,(H,14,15). The molecule has 1 aromatic heterocycles. The topological polar surface area (TPSA) is 106 Å². The molecule has 106 valence electrons. The van der Waals surface area contributed by atoms with Crippen molar-refractivity contribution in [1.82, 2.24) is 9.71 Å². The Labute approximate surface area is 111 Å². The van der Waals surface area contributed by atoms with Gasteiger partial charge in [-0.1, -0.05) is 6.07 Å². The van der Waals surface area contributed by atoms with Crippen molar-refractivity contribution in [2.24, 2.45) is 0 Å². The van der Waals surface area contributed by atoms with Crippen LogP contribution < -0.4 is 4.72 Å². The van der Waals surface area contributed by atoms with Crippen LogP contribution in [0, 0.1) is 0 Å². The Kier molecular flexibility index (Phi) is 5.87. The highest BCUT2D eigenvalue weighted by Crippen LogP contribution is 2.01. The van der Waals surface area contributed by atoms with Crippen LogP contribution in [0.5, 0.6) is 0 Å². The Morgan fingerprint density at radius 2 is 2.21 bits per heavy atom. The molecule has 0 unspecified atom stereocenters. The van der Waals surface area contributed by atoms with Gasteiger partial charge in [0.25, 0.3) is 0 Å². The van der Waals surface area contributed by atoms with Crippen LogP contribution in [0.1, 0.15) is 22.5 Å². The largest absolute Gasteiger partial charge is 0.477 e. The van der Waals surface area contributed by atoms with E-state index in [2.05, 4.69) is 9.71 Å². The lowest BCUT2D eigenvalue weighted by atomic mass is 10.2. The first-order valence-electron chi connectivity index (χ1n) is 5.59. The Morgan fingerprint density at radius 3 is 2.74 bits per heavy atom. The Hall–Kier alpha value is -1.51. The van der Waals surface area contributed by atoms with Crippen LogP contribution in [0.3, 0.4) is 0 Å². The SMILES string of the molecule is COCCCS(=O)(=O)NCc1ccc(C(=O)O)nc1. The van der Waals surface area contributed by atoms with Crippen molar-refractivity contribution in [2.45, 2.75) is 13.0 Å². The monoisotopic (exact) mass is 288 g/mol. The molecule has 0 aliphatic carbocycles. The molecule has 1 rings (SSSR count). The fourth-order valence-electron chi connectivity index (χ4n) is 1.31. The predicted octanol–water partition coefficient (Wildman–Crippen LogP) is 0.236. The molecule has 1 aromatic rings. The summed E-state index contributed by atoms with van der Waals surface area (Å²) >= 11 is 0. The first kappa shape index (κ1) is 15.5. The zero-order valence-corrected chi connectivity index (χ0v) is 11.3. The zero-order chi connectivity index (χ0) is 14.3. The lowest BCUT2D eigenvalue weighted by Crippen LogP contribution is -2.26. The van der Waals surface area contributed by atoms with E-state index < -0.39 is 16.0 Å². The smallest absolute Gasteiger partial charge is 0.354 e. The van der Waals surface area contributed by atoms with Gasteiger partial charge in [-0.05, 0) is 18.1 Å². The number of sulfonamides is 1. The molecule has 1 heterocycles. The van der Waals surface area contributed by atoms with Gasteiger partial charge in [-0.25, -0.2) is 22.9 Å². The number of nitrogens with zero attached hydrogens (tertiary/aromatic N) is 1. The highest BCUT2D eigenvalue weighted by atomic mass is 32.2. The summed E-state index contributed by atoms with van der Waals surface area (Å²) in [7, 11) is -1.84. The summed E-state index contributed by atoms with van der Waals surface area (Å²) < 4.78 is 30.3. The van der Waals surface area contributed by atoms with Gasteiger partial charge in [0.1, 0.15) is 5.69 Å². The Bertz CT molecular complexity index is 512. The highest BCUT2D eigenvalue weighted by Gasteiger charge is 2.10. The van der Waals surface area contributed by atoms with Crippen LogP contribution in [0.2, 0.25) is 0 Å². The molecule has 7 nitrogen and oxygen atoms in total. The van der Waals surface area contributed by atoms with E-state index in [1.54, 1.807) is 0 Å². The second-order valence-electron chi connectivity index (χ2n) is 3.84. The maximum Gasteiger partial charge on any atom is 0.354 e. The molecule has 0 amide bonds. The normalized spacial score (nSPS) is 11.4. The van der Waals surface area contributed by atoms with E-state index in [9.17, 15) is 13.2 Å². The number of carboxylic acids is 1. The molecule has 19 heavy (non-hydrogen) atoms. The predicted molar refractivity (Wildman–Crippen MR) is 68.3 cm³/mol. The highest BCUT2D eigenvalue weighted by molar-refractivity contribution is 7.89. The minimum Gasteiger partial charge on any atom is -0.477 e. The molecule has 0 aliphatic rings. The van der Waals surface area contributed by atoms with E-state index in [0.29, 0.717) is 18.6 Å². The van der Waals surface area contributed by atoms with Crippen molar-refractivity contribution in [3.05, 3.63) is 29.6 Å². The van der Waals surface area contributed by atoms with Crippen LogP contribution >= 0.6 is 0 Å². The van der Waals surface area contributed by atoms with Crippen LogP contribution in [-0.2, 0) is 21.3 Å². The molecule has 0 saturated heterocycles. The molecule has 0 atom stereocenters. The number of pyridine rings is 1. The number of nitrogens with one attached hydrogen (secondary N) is 1. The fraction of sp³-hybridized carbons (Fsp3) is 0.455. The summed E-state index contributed by atoms with van der Waals surface area (Å²) in [5.41, 5.74) is 0.520. The van der Waals surface area contributed by atoms with Gasteiger partial charge in [0, 0.05) is 26.5 Å². The Morgan fingerprint density at radius 1 is 1.47 bits per heavy atom. The molecular formula is C11H16N2O5S. The maximum absolute atomic E-state index is 11.6. The van der Waals surface area contributed by atoms with E-state index in [1.807, 2.05) is 0 Å². The van der Waals surface area contributed by atoms with Gasteiger partial charge in [-0.3, -0.25) is 0 Å². The second-order valence-corrected chi connectivity index (χ2v) is 5.77. The summed E-state index contributed by atoms with van der Waals surface area (Å²) in [6.45, 7) is 0.470. The number of hydrogen-bond acceptors (Lipinski definition) is 5. The van der Waals surface area contributed by atoms with Gasteiger partial charge in [0.15, 0.2) is 0 Å². The molecule has 0 aromatic carbocycles. The van der Waals surface area contributed by atoms with Crippen molar-refractivity contribution in [3.63, 3.8) is 0 Å². The molecule has 8 heteroatoms. The van der Waals surface area contributed by atoms with Gasteiger partial charge < -0.3 is 9.84 Å². The fourth-order valence-corrected chi connectivity index (χ4v) is 2.34. The van der Waals surface area contributed by atoms with Gasteiger partial charge in [-0.2, -0.15) is 0 Å². The van der Waals surface area contributed by atoms with Crippen molar-refractivity contribution in [1.29, 1.82) is 0 Å². The molecule has 0 radical (unpaired) electrons. The number of ether oxygens (including phenoxy) is 1. The zero-order valence-electron chi connectivity index (χ0n) is 10.5. The number of aromatic carboxylic acids is 1. The van der Waals surface area contributed by atoms with Gasteiger partial charge in [0.2, 0.25) is 10.0 Å². The quantitative estimate of drug-likeness (QED) is 0.664. The lowest BCUT2D eigenvalue weighted by molar-refractivity contribution is 0.0690. The van der Waals surface area contributed by atoms with Crippen molar-refractivity contribution >= 4 is 16.0 Å². The summed E-state index contributed by atoms with van der Waals surface area (Å²) in [5, 5.41) is 8.67. The number of carboxylic acid groups (broad SMARTS) is 1.